The van der Waals surface area contributed by atoms with Gasteiger partial charge in [-0.25, -0.2) is 4.79 Å². The van der Waals surface area contributed by atoms with Crippen LogP contribution in [-0.4, -0.2) is 87.4 Å². The predicted octanol–water partition coefficient (Wildman–Crippen LogP) is 20.0. The van der Waals surface area contributed by atoms with Gasteiger partial charge in [0, 0.05) is 12.8 Å². The van der Waals surface area contributed by atoms with Crippen LogP contribution in [-0.2, 0) is 33.3 Å². The lowest BCUT2D eigenvalue weighted by molar-refractivity contribution is -0.870. The van der Waals surface area contributed by atoms with Gasteiger partial charge in [0.25, 0.3) is 6.29 Å². The van der Waals surface area contributed by atoms with Crippen molar-refractivity contribution in [3.8, 4) is 0 Å². The Morgan fingerprint density at radius 2 is 0.695 bits per heavy atom. The van der Waals surface area contributed by atoms with Crippen LogP contribution in [0.15, 0.2) is 146 Å². The first-order valence-electron chi connectivity index (χ1n) is 32.5. The maximum absolute atomic E-state index is 12.9. The summed E-state index contributed by atoms with van der Waals surface area (Å²) in [7, 11) is 5.96. The Morgan fingerprint density at radius 3 is 1.04 bits per heavy atom. The number of carboxylic acid groups (broad SMARTS) is 1. The molecule has 9 nitrogen and oxygen atoms in total. The molecule has 0 bridgehead atoms. The highest BCUT2D eigenvalue weighted by Crippen LogP contribution is 2.15. The van der Waals surface area contributed by atoms with Gasteiger partial charge >= 0.3 is 17.9 Å². The van der Waals surface area contributed by atoms with Crippen molar-refractivity contribution in [3.05, 3.63) is 146 Å². The Bertz CT molecular complexity index is 1850. The zero-order chi connectivity index (χ0) is 59.8. The van der Waals surface area contributed by atoms with E-state index >= 15 is 0 Å². The molecule has 1 N–H and O–H groups in total. The Labute approximate surface area is 502 Å². The van der Waals surface area contributed by atoms with Crippen molar-refractivity contribution < 1.29 is 42.9 Å². The van der Waals surface area contributed by atoms with E-state index in [0.29, 0.717) is 17.4 Å². The Morgan fingerprint density at radius 1 is 0.378 bits per heavy atom. The number of unbranched alkanes of at least 4 members (excludes halogenated alkanes) is 19. The van der Waals surface area contributed by atoms with Gasteiger partial charge in [-0.15, -0.1) is 0 Å². The maximum atomic E-state index is 12.9. The average Bonchev–Trinajstić information content (AvgIpc) is 3.45. The number of esters is 2. The molecule has 9 heteroatoms. The van der Waals surface area contributed by atoms with E-state index < -0.39 is 24.3 Å². The molecule has 0 radical (unpaired) electrons. The number of hydrogen-bond acceptors (Lipinski definition) is 7. The molecule has 0 heterocycles. The summed E-state index contributed by atoms with van der Waals surface area (Å²) in [6, 6.07) is 0. The fourth-order valence-electron chi connectivity index (χ4n) is 8.37. The van der Waals surface area contributed by atoms with Crippen molar-refractivity contribution in [3.63, 3.8) is 0 Å². The van der Waals surface area contributed by atoms with E-state index in [2.05, 4.69) is 160 Å². The first-order valence-corrected chi connectivity index (χ1v) is 32.5. The fourth-order valence-corrected chi connectivity index (χ4v) is 8.37. The molecule has 0 saturated heterocycles. The summed E-state index contributed by atoms with van der Waals surface area (Å²) in [5.74, 6) is -2.04. The highest BCUT2D eigenvalue weighted by atomic mass is 16.7. The average molecular weight is 1140 g/mol. The zero-order valence-electron chi connectivity index (χ0n) is 52.8. The number of likely N-dealkylation sites (N-methyl/N-ethyl adjacent to an activating group) is 1. The monoisotopic (exact) mass is 1140 g/mol. The van der Waals surface area contributed by atoms with Crippen LogP contribution in [0.4, 0.5) is 0 Å². The normalized spacial score (nSPS) is 13.7. The number of carbonyl (C=O) groups excluding carboxylic acids is 2. The van der Waals surface area contributed by atoms with Crippen LogP contribution in [0.3, 0.4) is 0 Å². The second-order valence-electron chi connectivity index (χ2n) is 22.3. The molecule has 0 amide bonds. The van der Waals surface area contributed by atoms with Crippen LogP contribution >= 0.6 is 0 Å². The van der Waals surface area contributed by atoms with Crippen molar-refractivity contribution in [1.29, 1.82) is 0 Å². The summed E-state index contributed by atoms with van der Waals surface area (Å²) in [6.45, 7) is 4.71. The number of hydrogen-bond donors (Lipinski definition) is 1. The summed E-state index contributed by atoms with van der Waals surface area (Å²) in [6.07, 6.45) is 87.9. The van der Waals surface area contributed by atoms with E-state index in [1.54, 1.807) is 0 Å². The standard InChI is InChI=1S/C73H119NO8/c1-6-8-10-12-14-16-18-20-22-24-26-27-28-29-30-31-32-33-34-35-36-37-38-39-40-41-42-43-44-45-46-48-50-52-54-56-58-60-62-64-71(76)82-69(68-81-73(72(77)78)79-66-65-74(3,4)5)67-80-70(75)63-61-59-57-55-53-51-49-47-25-23-21-19-17-15-13-11-9-7-2/h8,10,14,16-17,19-20,22-23,25-27,29-30,32-33,35-36,38-39,41-42,44-45,69,73H,6-7,9,11-13,15,18,21,24,28,31,34,37,40,43,46-68H2,1-5H3/p+1/b10-8-,16-14-,19-17-,22-20-,25-23-,27-26-,30-29-,33-32-,36-35-,39-38-,42-41-,45-44-. The van der Waals surface area contributed by atoms with E-state index in [-0.39, 0.29) is 38.6 Å². The molecule has 2 unspecified atom stereocenters. The smallest absolute Gasteiger partial charge is 0.361 e. The SMILES string of the molecule is CC/C=C\C/C=C\C/C=C\C/C=C\C/C=C\C/C=C\C/C=C\C/C=C\C/C=C\C/C=C\CCCCCCCCCCC(=O)OC(COC(=O)CCCCCCCCC/C=C\C/C=C\CCCCCC)COC(OCC[N+](C)(C)C)C(=O)O. The lowest BCUT2D eigenvalue weighted by atomic mass is 10.1. The lowest BCUT2D eigenvalue weighted by Crippen LogP contribution is -2.40. The number of ether oxygens (including phenoxy) is 4. The van der Waals surface area contributed by atoms with Gasteiger partial charge < -0.3 is 28.5 Å². The minimum atomic E-state index is -1.52. The van der Waals surface area contributed by atoms with Gasteiger partial charge in [-0.1, -0.05) is 250 Å². The Hall–Kier alpha value is -4.83. The van der Waals surface area contributed by atoms with Crippen molar-refractivity contribution in [2.24, 2.45) is 0 Å². The van der Waals surface area contributed by atoms with Crippen LogP contribution in [0.1, 0.15) is 239 Å². The number of carboxylic acids is 1. The maximum Gasteiger partial charge on any atom is 0.361 e. The van der Waals surface area contributed by atoms with Gasteiger partial charge in [-0.3, -0.25) is 9.59 Å². The number of rotatable bonds is 58. The molecule has 0 aliphatic rings. The molecule has 0 aromatic rings. The van der Waals surface area contributed by atoms with E-state index in [0.717, 1.165) is 128 Å². The number of quaternary nitrogens is 1. The van der Waals surface area contributed by atoms with Crippen LogP contribution in [0.5, 0.6) is 0 Å². The van der Waals surface area contributed by atoms with Gasteiger partial charge in [0.1, 0.15) is 13.2 Å². The van der Waals surface area contributed by atoms with Crippen LogP contribution < -0.4 is 0 Å². The minimum Gasteiger partial charge on any atom is -0.477 e. The zero-order valence-corrected chi connectivity index (χ0v) is 52.8. The molecule has 82 heavy (non-hydrogen) atoms. The quantitative estimate of drug-likeness (QED) is 0.0211. The van der Waals surface area contributed by atoms with Crippen LogP contribution in [0.2, 0.25) is 0 Å². The molecule has 464 valence electrons. The Balaban J connectivity index is 4.21. The third-order valence-corrected chi connectivity index (χ3v) is 13.3. The Kier molecular flexibility index (Phi) is 58.6. The number of aliphatic carboxylic acids is 1. The van der Waals surface area contributed by atoms with E-state index in [9.17, 15) is 19.5 Å². The van der Waals surface area contributed by atoms with E-state index in [1.165, 1.54) is 77.0 Å². The molecular weight excluding hydrogens is 1020 g/mol. The third-order valence-electron chi connectivity index (χ3n) is 13.3. The molecule has 0 aromatic carbocycles. The van der Waals surface area contributed by atoms with Crippen LogP contribution in [0, 0.1) is 0 Å². The van der Waals surface area contributed by atoms with E-state index in [1.807, 2.05) is 21.1 Å². The summed E-state index contributed by atoms with van der Waals surface area (Å²) < 4.78 is 22.9. The van der Waals surface area contributed by atoms with Crippen molar-refractivity contribution in [2.45, 2.75) is 251 Å². The summed E-state index contributed by atoms with van der Waals surface area (Å²) in [5, 5.41) is 9.72. The molecule has 0 saturated carbocycles. The summed E-state index contributed by atoms with van der Waals surface area (Å²) >= 11 is 0. The lowest BCUT2D eigenvalue weighted by Gasteiger charge is -2.25. The van der Waals surface area contributed by atoms with Gasteiger partial charge in [0.05, 0.1) is 34.4 Å². The van der Waals surface area contributed by atoms with Crippen molar-refractivity contribution in [2.75, 3.05) is 47.5 Å². The topological polar surface area (TPSA) is 108 Å². The molecule has 0 aromatic heterocycles. The molecule has 2 atom stereocenters. The van der Waals surface area contributed by atoms with Crippen molar-refractivity contribution in [1.82, 2.24) is 0 Å². The first-order chi connectivity index (χ1) is 40.1. The second-order valence-corrected chi connectivity index (χ2v) is 22.3. The predicted molar refractivity (Wildman–Crippen MR) is 350 cm³/mol. The van der Waals surface area contributed by atoms with Gasteiger partial charge in [-0.2, -0.15) is 0 Å². The summed E-state index contributed by atoms with van der Waals surface area (Å²) in [5.41, 5.74) is 0. The van der Waals surface area contributed by atoms with Gasteiger partial charge in [0.15, 0.2) is 6.10 Å². The van der Waals surface area contributed by atoms with Crippen molar-refractivity contribution >= 4 is 17.9 Å². The molecular formula is C73H120NO8+. The highest BCUT2D eigenvalue weighted by molar-refractivity contribution is 5.71. The number of allylic oxidation sites excluding steroid dienone is 24. The minimum absolute atomic E-state index is 0.177. The summed E-state index contributed by atoms with van der Waals surface area (Å²) in [4.78, 5) is 37.5. The van der Waals surface area contributed by atoms with Crippen LogP contribution in [0.25, 0.3) is 0 Å². The van der Waals surface area contributed by atoms with E-state index in [4.69, 9.17) is 18.9 Å². The third kappa shape index (κ3) is 62.8. The van der Waals surface area contributed by atoms with Gasteiger partial charge in [0.2, 0.25) is 0 Å². The van der Waals surface area contributed by atoms with Gasteiger partial charge in [-0.05, 0) is 122 Å². The molecule has 0 spiro atoms. The fraction of sp³-hybridized carbons (Fsp3) is 0.630. The molecule has 0 aliphatic carbocycles. The molecule has 0 fully saturated rings. The second kappa shape index (κ2) is 62.2. The molecule has 0 rings (SSSR count). The highest BCUT2D eigenvalue weighted by Gasteiger charge is 2.25. The largest absolute Gasteiger partial charge is 0.477 e. The number of nitrogens with zero attached hydrogens (tertiary/aromatic N) is 1. The number of carbonyl (C=O) groups is 3. The first kappa shape index (κ1) is 77.2. The molecule has 0 aliphatic heterocycles.